The number of amides is 3. The number of carboxylic acid groups (broad SMARTS) is 1. The maximum absolute atomic E-state index is 13.7. The van der Waals surface area contributed by atoms with Gasteiger partial charge in [0.15, 0.2) is 0 Å². The van der Waals surface area contributed by atoms with E-state index in [4.69, 9.17) is 36.3 Å². The molecule has 0 fully saturated rings. The van der Waals surface area contributed by atoms with Gasteiger partial charge in [-0.3, -0.25) is 44.6 Å². The summed E-state index contributed by atoms with van der Waals surface area (Å²) in [5, 5.41) is 32.3. The fraction of sp³-hybridized carbons (Fsp3) is 0.341. The minimum absolute atomic E-state index is 0.0958. The van der Waals surface area contributed by atoms with Crippen LogP contribution in [0.3, 0.4) is 0 Å². The number of anilines is 2. The molecule has 3 amide bonds. The number of aromatic nitrogens is 8. The van der Waals surface area contributed by atoms with Gasteiger partial charge in [0.2, 0.25) is 17.8 Å². The van der Waals surface area contributed by atoms with Crippen LogP contribution >= 0.6 is 0 Å². The van der Waals surface area contributed by atoms with E-state index in [0.29, 0.717) is 87.8 Å². The van der Waals surface area contributed by atoms with Gasteiger partial charge >= 0.3 is 5.97 Å². The number of hydrogen-bond acceptors (Lipinski definition) is 11. The third kappa shape index (κ3) is 9.59. The predicted molar refractivity (Wildman–Crippen MR) is 227 cm³/mol. The van der Waals surface area contributed by atoms with Crippen molar-refractivity contribution in [2.24, 2.45) is 11.5 Å². The van der Waals surface area contributed by atoms with Crippen LogP contribution in [0.4, 0.5) is 11.9 Å². The molecule has 0 saturated heterocycles. The molecule has 0 atom stereocenters. The Bertz CT molecular complexity index is 2680. The molecule has 61 heavy (non-hydrogen) atoms. The Morgan fingerprint density at radius 3 is 1.84 bits per heavy atom. The van der Waals surface area contributed by atoms with Crippen LogP contribution in [0.25, 0.3) is 22.1 Å². The highest BCUT2D eigenvalue weighted by atomic mass is 16.5. The molecule has 0 aliphatic rings. The first-order valence-electron chi connectivity index (χ1n) is 19.6. The Balaban J connectivity index is 1.43. The van der Waals surface area contributed by atoms with Crippen LogP contribution in [-0.2, 0) is 42.1 Å². The van der Waals surface area contributed by atoms with Crippen molar-refractivity contribution in [3.8, 4) is 5.75 Å². The highest BCUT2D eigenvalue weighted by Crippen LogP contribution is 2.32. The number of carbonyl (C=O) groups is 4. The van der Waals surface area contributed by atoms with Gasteiger partial charge < -0.3 is 35.2 Å². The molecular formula is C41H49N13O7. The number of fused-ring (bicyclic) bond motifs is 2. The number of hydrogen-bond donors (Lipinski definition) is 6. The van der Waals surface area contributed by atoms with Crippen molar-refractivity contribution in [3.05, 3.63) is 88.0 Å². The van der Waals surface area contributed by atoms with Gasteiger partial charge in [-0.25, -0.2) is 9.97 Å². The molecule has 0 bridgehead atoms. The lowest BCUT2D eigenvalue weighted by atomic mass is 10.0. The van der Waals surface area contributed by atoms with E-state index in [1.54, 1.807) is 63.7 Å². The topological polar surface area (TPSA) is 278 Å². The molecule has 0 spiro atoms. The number of imidazole rings is 2. The molecule has 8 N–H and O–H groups in total. The molecular weight excluding hydrogens is 787 g/mol. The number of ether oxygens (including phenoxy) is 2. The van der Waals surface area contributed by atoms with E-state index in [9.17, 15) is 24.3 Å². The van der Waals surface area contributed by atoms with E-state index >= 15 is 0 Å². The normalized spacial score (nSPS) is 11.5. The van der Waals surface area contributed by atoms with Crippen molar-refractivity contribution in [1.29, 1.82) is 5.41 Å². The largest absolute Gasteiger partial charge is 0.491 e. The van der Waals surface area contributed by atoms with Gasteiger partial charge in [-0.05, 0) is 76.1 Å². The zero-order valence-electron chi connectivity index (χ0n) is 34.6. The number of primary amides is 1. The number of carbonyl (C=O) groups excluding carboxylic acids is 3. The van der Waals surface area contributed by atoms with Crippen molar-refractivity contribution in [2.75, 3.05) is 31.0 Å². The second kappa shape index (κ2) is 18.7. The first-order valence-corrected chi connectivity index (χ1v) is 19.6. The first-order chi connectivity index (χ1) is 29.2. The molecule has 4 aromatic heterocycles. The molecule has 6 rings (SSSR count). The van der Waals surface area contributed by atoms with Crippen LogP contribution in [-0.4, -0.2) is 93.6 Å². The average Bonchev–Trinajstić information content (AvgIpc) is 3.99. The van der Waals surface area contributed by atoms with Crippen molar-refractivity contribution >= 4 is 63.5 Å². The number of nitrogens with one attached hydrogen (secondary N) is 3. The predicted octanol–water partition coefficient (Wildman–Crippen LogP) is 4.01. The first kappa shape index (κ1) is 43.2. The van der Waals surface area contributed by atoms with Crippen LogP contribution in [0.2, 0.25) is 0 Å². The fourth-order valence-corrected chi connectivity index (χ4v) is 6.99. The van der Waals surface area contributed by atoms with Gasteiger partial charge in [0.05, 0.1) is 34.5 Å². The third-order valence-corrected chi connectivity index (χ3v) is 9.74. The highest BCUT2D eigenvalue weighted by molar-refractivity contribution is 6.05. The average molecular weight is 836 g/mol. The van der Waals surface area contributed by atoms with E-state index < -0.39 is 23.7 Å². The number of amidine groups is 1. The molecule has 6 aromatic rings. The lowest BCUT2D eigenvalue weighted by Crippen LogP contribution is -2.20. The maximum Gasteiger partial charge on any atom is 0.303 e. The summed E-state index contributed by atoms with van der Waals surface area (Å²) in [4.78, 5) is 61.1. The van der Waals surface area contributed by atoms with E-state index in [1.165, 1.54) is 12.1 Å². The summed E-state index contributed by atoms with van der Waals surface area (Å²) in [5.41, 5.74) is 16.4. The summed E-state index contributed by atoms with van der Waals surface area (Å²) in [6.45, 7) is 9.19. The van der Waals surface area contributed by atoms with Gasteiger partial charge in [-0.1, -0.05) is 12.2 Å². The number of allylic oxidation sites excluding steroid dienone is 2. The van der Waals surface area contributed by atoms with Crippen molar-refractivity contribution < 1.29 is 33.8 Å². The van der Waals surface area contributed by atoms with Crippen molar-refractivity contribution in [2.45, 2.75) is 73.1 Å². The molecule has 0 saturated carbocycles. The number of rotatable bonds is 20. The van der Waals surface area contributed by atoms with E-state index in [2.05, 4.69) is 20.8 Å². The number of aliphatic carboxylic acids is 1. The van der Waals surface area contributed by atoms with Crippen LogP contribution in [0.15, 0.2) is 48.6 Å². The molecule has 320 valence electrons. The van der Waals surface area contributed by atoms with Crippen molar-refractivity contribution in [1.82, 2.24) is 38.7 Å². The van der Waals surface area contributed by atoms with Crippen LogP contribution in [0.5, 0.6) is 5.75 Å². The van der Waals surface area contributed by atoms with Gasteiger partial charge in [-0.15, -0.1) is 0 Å². The number of benzene rings is 2. The van der Waals surface area contributed by atoms with E-state index in [-0.39, 0.29) is 55.8 Å². The maximum atomic E-state index is 13.7. The Morgan fingerprint density at radius 2 is 1.33 bits per heavy atom. The molecule has 0 aliphatic carbocycles. The third-order valence-electron chi connectivity index (χ3n) is 9.74. The minimum Gasteiger partial charge on any atom is -0.491 e. The zero-order chi connectivity index (χ0) is 44.0. The number of nitrogens with zero attached hydrogens (tertiary/aromatic N) is 8. The summed E-state index contributed by atoms with van der Waals surface area (Å²) >= 11 is 0. The van der Waals surface area contributed by atoms with Gasteiger partial charge in [-0.2, -0.15) is 10.2 Å². The monoisotopic (exact) mass is 835 g/mol. The standard InChI is InChI=1S/C41H49N13O7/c1-6-53-30(17-23(3)49-53)38(58)47-40-45-28-20-26(36(42)43)19-25(11-12-33(55)56)34(28)51(40)13-8-9-14-52-35-29(21-27(37(44)57)22-32(35)61-16-10-15-60-5)46-41(52)48-39(59)31-18-24(4)50-54(31)7-2/h8-9,17-22H,6-7,10-16H2,1-5H3,(H3,42,43)(H2,44,57)(H,55,56)(H,45,47,58)(H,46,48,59)/b9-8+. The van der Waals surface area contributed by atoms with Crippen molar-refractivity contribution in [3.63, 3.8) is 0 Å². The van der Waals surface area contributed by atoms with E-state index in [0.717, 1.165) is 0 Å². The Morgan fingerprint density at radius 1 is 0.787 bits per heavy atom. The molecule has 4 heterocycles. The SMILES string of the molecule is CCn1nc(C)cc1C(=O)Nc1nc2cc(C(=N)N)cc(CCC(=O)O)c2n1C/C=C/Cn1c(NC(=O)c2cc(C)nn2CC)nc2cc(C(N)=O)cc(OCCCOC)c21. The van der Waals surface area contributed by atoms with Crippen LogP contribution in [0.1, 0.15) is 80.5 Å². The summed E-state index contributed by atoms with van der Waals surface area (Å²) < 4.78 is 18.0. The quantitative estimate of drug-likeness (QED) is 0.0275. The minimum atomic E-state index is -1.02. The van der Waals surface area contributed by atoms with Crippen LogP contribution < -0.4 is 26.8 Å². The summed E-state index contributed by atoms with van der Waals surface area (Å²) in [6, 6.07) is 9.68. The number of carboxylic acids is 1. The second-order valence-corrected chi connectivity index (χ2v) is 14.2. The van der Waals surface area contributed by atoms with E-state index in [1.807, 2.05) is 26.0 Å². The second-order valence-electron chi connectivity index (χ2n) is 14.2. The molecule has 0 radical (unpaired) electrons. The molecule has 20 heteroatoms. The fourth-order valence-electron chi connectivity index (χ4n) is 6.99. The smallest absolute Gasteiger partial charge is 0.303 e. The lowest BCUT2D eigenvalue weighted by molar-refractivity contribution is -0.136. The Kier molecular flexibility index (Phi) is 13.3. The number of aryl methyl sites for hydroxylation is 5. The highest BCUT2D eigenvalue weighted by Gasteiger charge is 2.23. The zero-order valence-corrected chi connectivity index (χ0v) is 34.6. The lowest BCUT2D eigenvalue weighted by Gasteiger charge is -2.13. The number of nitrogen functional groups attached to an aromatic ring is 1. The Labute approximate surface area is 350 Å². The Hall–Kier alpha value is -7.35. The summed E-state index contributed by atoms with van der Waals surface area (Å²) in [7, 11) is 1.58. The number of nitrogens with two attached hydrogens (primary N) is 2. The van der Waals surface area contributed by atoms with Gasteiger partial charge in [0.25, 0.3) is 11.8 Å². The summed E-state index contributed by atoms with van der Waals surface area (Å²) in [5.74, 6) is -2.20. The summed E-state index contributed by atoms with van der Waals surface area (Å²) in [6.07, 6.45) is 4.08. The molecule has 20 nitrogen and oxygen atoms in total. The number of methoxy groups -OCH3 is 1. The molecule has 2 aromatic carbocycles. The van der Waals surface area contributed by atoms with Gasteiger partial charge in [0, 0.05) is 63.9 Å². The van der Waals surface area contributed by atoms with Gasteiger partial charge in [0.1, 0.15) is 28.5 Å². The molecule has 0 aliphatic heterocycles. The van der Waals surface area contributed by atoms with Crippen LogP contribution in [0, 0.1) is 19.3 Å². The molecule has 0 unspecified atom stereocenters.